The Labute approximate surface area is 149 Å². The lowest BCUT2D eigenvalue weighted by Gasteiger charge is -2.36. The van der Waals surface area contributed by atoms with Crippen molar-refractivity contribution in [2.24, 2.45) is 17.8 Å². The molecule has 0 N–H and O–H groups in total. The minimum atomic E-state index is -0.310. The van der Waals surface area contributed by atoms with E-state index in [4.69, 9.17) is 9.47 Å². The first kappa shape index (κ1) is 18.9. The number of rotatable bonds is 6. The number of para-hydroxylation sites is 1. The highest BCUT2D eigenvalue weighted by Gasteiger charge is 2.33. The van der Waals surface area contributed by atoms with Crippen molar-refractivity contribution < 1.29 is 14.3 Å². The molecule has 0 saturated heterocycles. The summed E-state index contributed by atoms with van der Waals surface area (Å²) in [7, 11) is 1.62. The molecule has 1 aliphatic carbocycles. The number of esters is 1. The fraction of sp³-hybridized carbons (Fsp3) is 0.550. The average Bonchev–Trinajstić information content (AvgIpc) is 2.55. The van der Waals surface area contributed by atoms with Crippen LogP contribution in [0.4, 0.5) is 0 Å². The third-order valence-electron chi connectivity index (χ3n) is 4.75. The van der Waals surface area contributed by atoms with Crippen LogP contribution < -0.4 is 4.74 Å². The molecule has 132 valence electrons. The molecular weight excluding hydrogens is 320 g/mol. The highest BCUT2D eigenvalue weighted by Crippen LogP contribution is 2.38. The predicted molar refractivity (Wildman–Crippen MR) is 99.2 cm³/mol. The summed E-state index contributed by atoms with van der Waals surface area (Å²) in [6.07, 6.45) is 3.29. The highest BCUT2D eigenvalue weighted by atomic mass is 32.2. The van der Waals surface area contributed by atoms with Crippen LogP contribution in [0.5, 0.6) is 5.75 Å². The minimum absolute atomic E-state index is 0.00345. The van der Waals surface area contributed by atoms with Gasteiger partial charge in [0.15, 0.2) is 0 Å². The Morgan fingerprint density at radius 1 is 1.29 bits per heavy atom. The lowest BCUT2D eigenvalue weighted by Crippen LogP contribution is -2.35. The van der Waals surface area contributed by atoms with Crippen LogP contribution in [0.2, 0.25) is 0 Å². The lowest BCUT2D eigenvalue weighted by molar-refractivity contribution is -0.150. The molecule has 3 atom stereocenters. The number of thioether (sulfide) groups is 1. The van der Waals surface area contributed by atoms with Gasteiger partial charge in [-0.2, -0.15) is 0 Å². The monoisotopic (exact) mass is 348 g/mol. The van der Waals surface area contributed by atoms with Crippen molar-refractivity contribution in [3.63, 3.8) is 0 Å². The predicted octanol–water partition coefficient (Wildman–Crippen LogP) is 5.31. The van der Waals surface area contributed by atoms with E-state index in [9.17, 15) is 4.79 Å². The summed E-state index contributed by atoms with van der Waals surface area (Å²) >= 11 is 1.31. The van der Waals surface area contributed by atoms with Crippen LogP contribution in [0, 0.1) is 17.8 Å². The number of carbonyl (C=O) groups excluding carboxylic acids is 1. The molecule has 0 heterocycles. The van der Waals surface area contributed by atoms with E-state index >= 15 is 0 Å². The molecule has 1 saturated carbocycles. The molecule has 3 nitrogen and oxygen atoms in total. The summed E-state index contributed by atoms with van der Waals surface area (Å²) in [5.74, 6) is 1.99. The number of carbonyl (C=O) groups is 1. The summed E-state index contributed by atoms with van der Waals surface area (Å²) in [4.78, 5) is 13.8. The van der Waals surface area contributed by atoms with Gasteiger partial charge in [-0.15, -0.1) is 0 Å². The summed E-state index contributed by atoms with van der Waals surface area (Å²) in [5, 5.41) is 0. The van der Waals surface area contributed by atoms with Crippen molar-refractivity contribution in [3.05, 3.63) is 35.7 Å². The fourth-order valence-corrected chi connectivity index (χ4v) is 4.13. The summed E-state index contributed by atoms with van der Waals surface area (Å²) in [6.45, 7) is 10.6. The third-order valence-corrected chi connectivity index (χ3v) is 5.72. The second-order valence-electron chi connectivity index (χ2n) is 6.95. The fourth-order valence-electron chi connectivity index (χ4n) is 3.33. The van der Waals surface area contributed by atoms with Crippen LogP contribution in [-0.4, -0.2) is 19.2 Å². The second-order valence-corrected chi connectivity index (χ2v) is 8.08. The maximum Gasteiger partial charge on any atom is 0.344 e. The lowest BCUT2D eigenvalue weighted by atomic mass is 9.75. The third kappa shape index (κ3) is 4.79. The Bertz CT molecular complexity index is 582. The van der Waals surface area contributed by atoms with Crippen molar-refractivity contribution in [2.45, 2.75) is 51.0 Å². The van der Waals surface area contributed by atoms with Crippen LogP contribution in [0.3, 0.4) is 0 Å². The van der Waals surface area contributed by atoms with Crippen molar-refractivity contribution in [2.75, 3.05) is 7.11 Å². The molecular formula is C20H28O3S. The SMILES string of the molecule is C=C(Sc1ccccc1OC)C(=O)O[C@@H]1C[C@H](C)CC[C@H]1C(C)C. The molecule has 2 rings (SSSR count). The zero-order valence-corrected chi connectivity index (χ0v) is 15.9. The Morgan fingerprint density at radius 3 is 2.67 bits per heavy atom. The van der Waals surface area contributed by atoms with Gasteiger partial charge >= 0.3 is 5.97 Å². The van der Waals surface area contributed by atoms with E-state index in [1.807, 2.05) is 24.3 Å². The first-order valence-electron chi connectivity index (χ1n) is 8.63. The van der Waals surface area contributed by atoms with E-state index < -0.39 is 0 Å². The number of hydrogen-bond donors (Lipinski definition) is 0. The number of benzene rings is 1. The van der Waals surface area contributed by atoms with Crippen LogP contribution >= 0.6 is 11.8 Å². The first-order valence-corrected chi connectivity index (χ1v) is 9.44. The highest BCUT2D eigenvalue weighted by molar-refractivity contribution is 8.04. The Morgan fingerprint density at radius 2 is 2.00 bits per heavy atom. The Hall–Kier alpha value is -1.42. The number of hydrogen-bond acceptors (Lipinski definition) is 4. The molecule has 0 amide bonds. The maximum absolute atomic E-state index is 12.5. The van der Waals surface area contributed by atoms with Gasteiger partial charge in [0.25, 0.3) is 0 Å². The summed E-state index contributed by atoms with van der Waals surface area (Å²) < 4.78 is 11.2. The standard InChI is InChI=1S/C20H28O3S/c1-13(2)16-11-10-14(3)12-18(16)23-20(21)15(4)24-19-9-7-6-8-17(19)22-5/h6-9,13-14,16,18H,4,10-12H2,1-3,5H3/t14-,16+,18-/m1/s1. The van der Waals surface area contributed by atoms with Crippen LogP contribution in [0.15, 0.2) is 40.6 Å². The van der Waals surface area contributed by atoms with Gasteiger partial charge in [-0.25, -0.2) is 4.79 Å². The number of methoxy groups -OCH3 is 1. The van der Waals surface area contributed by atoms with Gasteiger partial charge in [0, 0.05) is 0 Å². The average molecular weight is 349 g/mol. The molecule has 0 aromatic heterocycles. The van der Waals surface area contributed by atoms with Gasteiger partial charge < -0.3 is 9.47 Å². The van der Waals surface area contributed by atoms with E-state index in [2.05, 4.69) is 27.4 Å². The van der Waals surface area contributed by atoms with Crippen LogP contribution in [0.1, 0.15) is 40.0 Å². The number of ether oxygens (including phenoxy) is 2. The molecule has 4 heteroatoms. The molecule has 1 aromatic rings. The van der Waals surface area contributed by atoms with E-state index in [0.717, 1.165) is 23.5 Å². The smallest absolute Gasteiger partial charge is 0.344 e. The molecule has 1 fully saturated rings. The van der Waals surface area contributed by atoms with Crippen LogP contribution in [-0.2, 0) is 9.53 Å². The molecule has 1 aromatic carbocycles. The van der Waals surface area contributed by atoms with Gasteiger partial charge in [-0.3, -0.25) is 0 Å². The molecule has 0 aliphatic heterocycles. The van der Waals surface area contributed by atoms with Gasteiger partial charge in [0.2, 0.25) is 0 Å². The quantitative estimate of drug-likeness (QED) is 0.397. The van der Waals surface area contributed by atoms with Crippen molar-refractivity contribution in [3.8, 4) is 5.75 Å². The molecule has 24 heavy (non-hydrogen) atoms. The van der Waals surface area contributed by atoms with Gasteiger partial charge in [0.05, 0.1) is 16.9 Å². The minimum Gasteiger partial charge on any atom is -0.496 e. The molecule has 0 radical (unpaired) electrons. The normalized spacial score (nSPS) is 23.8. The Kier molecular flexibility index (Phi) is 6.79. The maximum atomic E-state index is 12.5. The van der Waals surface area contributed by atoms with E-state index in [-0.39, 0.29) is 12.1 Å². The van der Waals surface area contributed by atoms with E-state index in [1.54, 1.807) is 7.11 Å². The largest absolute Gasteiger partial charge is 0.496 e. The van der Waals surface area contributed by atoms with Crippen molar-refractivity contribution in [1.82, 2.24) is 0 Å². The second kappa shape index (κ2) is 8.61. The molecule has 0 unspecified atom stereocenters. The first-order chi connectivity index (χ1) is 11.4. The molecule has 0 spiro atoms. The van der Waals surface area contributed by atoms with Crippen LogP contribution in [0.25, 0.3) is 0 Å². The zero-order chi connectivity index (χ0) is 17.7. The van der Waals surface area contributed by atoms with Crippen molar-refractivity contribution >= 4 is 17.7 Å². The zero-order valence-electron chi connectivity index (χ0n) is 15.1. The molecule has 0 bridgehead atoms. The van der Waals surface area contributed by atoms with Gasteiger partial charge in [-0.1, -0.05) is 57.7 Å². The summed E-state index contributed by atoms with van der Waals surface area (Å²) in [5.41, 5.74) is 0. The summed E-state index contributed by atoms with van der Waals surface area (Å²) in [6, 6.07) is 7.61. The van der Waals surface area contributed by atoms with Gasteiger partial charge in [0.1, 0.15) is 11.9 Å². The van der Waals surface area contributed by atoms with Crippen molar-refractivity contribution in [1.29, 1.82) is 0 Å². The molecule has 1 aliphatic rings. The Balaban J connectivity index is 2.01. The van der Waals surface area contributed by atoms with Gasteiger partial charge in [-0.05, 0) is 42.7 Å². The van der Waals surface area contributed by atoms with E-state index in [0.29, 0.717) is 22.7 Å². The van der Waals surface area contributed by atoms with E-state index in [1.165, 1.54) is 18.2 Å². The topological polar surface area (TPSA) is 35.5 Å².